The Morgan fingerprint density at radius 2 is 2.14 bits per heavy atom. The minimum Gasteiger partial charge on any atom is -0.350 e. The van der Waals surface area contributed by atoms with Gasteiger partial charge in [0.15, 0.2) is 5.66 Å². The number of amides is 2. The molecule has 6 nitrogen and oxygen atoms in total. The van der Waals surface area contributed by atoms with Crippen molar-refractivity contribution in [3.8, 4) is 12.3 Å². The van der Waals surface area contributed by atoms with Crippen LogP contribution >= 0.6 is 0 Å². The van der Waals surface area contributed by atoms with Crippen LogP contribution in [0.4, 0.5) is 0 Å². The molecule has 3 aliphatic rings. The van der Waals surface area contributed by atoms with Gasteiger partial charge in [-0.3, -0.25) is 9.59 Å². The molecule has 22 heavy (non-hydrogen) atoms. The summed E-state index contributed by atoms with van der Waals surface area (Å²) < 4.78 is 0. The van der Waals surface area contributed by atoms with Gasteiger partial charge >= 0.3 is 0 Å². The van der Waals surface area contributed by atoms with Crippen LogP contribution < -0.4 is 5.32 Å². The summed E-state index contributed by atoms with van der Waals surface area (Å²) in [5.41, 5.74) is -0.425. The van der Waals surface area contributed by atoms with Gasteiger partial charge < -0.3 is 10.2 Å². The van der Waals surface area contributed by atoms with Crippen LogP contribution in [0.3, 0.4) is 0 Å². The van der Waals surface area contributed by atoms with E-state index in [1.165, 1.54) is 0 Å². The quantitative estimate of drug-likeness (QED) is 0.784. The van der Waals surface area contributed by atoms with Gasteiger partial charge in [0.2, 0.25) is 11.8 Å². The maximum absolute atomic E-state index is 12.6. The summed E-state index contributed by atoms with van der Waals surface area (Å²) in [6.45, 7) is 0.186. The summed E-state index contributed by atoms with van der Waals surface area (Å²) in [7, 11) is 0. The smallest absolute Gasteiger partial charge is 0.239 e. The lowest BCUT2D eigenvalue weighted by atomic mass is 9.87. The fraction of sp³-hybridized carbons (Fsp3) is 0.750. The topological polar surface area (TPSA) is 74.1 Å². The number of fused-ring (bicyclic) bond motifs is 1. The Hall–Kier alpha value is -1.90. The summed E-state index contributed by atoms with van der Waals surface area (Å²) in [5.74, 6) is 2.59. The van der Waals surface area contributed by atoms with Gasteiger partial charge in [-0.2, -0.15) is 10.2 Å². The Labute approximate surface area is 130 Å². The van der Waals surface area contributed by atoms with Crippen molar-refractivity contribution in [1.29, 1.82) is 0 Å². The number of hydrogen-bond acceptors (Lipinski definition) is 4. The second-order valence-electron chi connectivity index (χ2n) is 6.43. The predicted molar refractivity (Wildman–Crippen MR) is 80.8 cm³/mol. The van der Waals surface area contributed by atoms with E-state index in [2.05, 4.69) is 21.5 Å². The van der Waals surface area contributed by atoms with Crippen molar-refractivity contribution in [2.45, 2.75) is 69.1 Å². The van der Waals surface area contributed by atoms with Crippen molar-refractivity contribution in [1.82, 2.24) is 10.2 Å². The van der Waals surface area contributed by atoms with E-state index in [0.717, 1.165) is 25.7 Å². The summed E-state index contributed by atoms with van der Waals surface area (Å²) in [4.78, 5) is 26.2. The van der Waals surface area contributed by atoms with Gasteiger partial charge in [0, 0.05) is 31.7 Å². The Balaban J connectivity index is 1.56. The van der Waals surface area contributed by atoms with Crippen LogP contribution in [-0.2, 0) is 9.59 Å². The van der Waals surface area contributed by atoms with E-state index < -0.39 is 5.66 Å². The van der Waals surface area contributed by atoms with Gasteiger partial charge in [0.1, 0.15) is 0 Å². The number of piperazine rings is 1. The molecule has 1 saturated heterocycles. The summed E-state index contributed by atoms with van der Waals surface area (Å²) in [6, 6.07) is 0.290. The minimum atomic E-state index is -0.425. The third kappa shape index (κ3) is 3.13. The highest BCUT2D eigenvalue weighted by molar-refractivity contribution is 5.86. The molecule has 2 atom stereocenters. The molecule has 6 heteroatoms. The van der Waals surface area contributed by atoms with E-state index in [1.807, 2.05) is 0 Å². The van der Waals surface area contributed by atoms with Crippen molar-refractivity contribution in [3.63, 3.8) is 0 Å². The van der Waals surface area contributed by atoms with Gasteiger partial charge in [-0.05, 0) is 12.8 Å². The largest absolute Gasteiger partial charge is 0.350 e. The lowest BCUT2D eigenvalue weighted by Crippen LogP contribution is -2.62. The summed E-state index contributed by atoms with van der Waals surface area (Å²) in [6.07, 6.45) is 11.8. The first kappa shape index (κ1) is 15.0. The molecule has 0 spiro atoms. The number of carbonyl (C=O) groups excluding carboxylic acids is 2. The molecule has 2 unspecified atom stereocenters. The lowest BCUT2D eigenvalue weighted by Gasteiger charge is -2.44. The zero-order chi connectivity index (χ0) is 15.6. The van der Waals surface area contributed by atoms with Crippen LogP contribution in [0, 0.1) is 12.3 Å². The second-order valence-corrected chi connectivity index (χ2v) is 6.43. The zero-order valence-corrected chi connectivity index (χ0v) is 12.8. The number of carbonyl (C=O) groups is 2. The minimum absolute atomic E-state index is 0.0423. The van der Waals surface area contributed by atoms with E-state index in [-0.39, 0.29) is 30.4 Å². The molecular formula is C16H22N4O2. The first-order valence-electron chi connectivity index (χ1n) is 8.10. The molecule has 118 valence electrons. The molecule has 1 aliphatic carbocycles. The average molecular weight is 302 g/mol. The van der Waals surface area contributed by atoms with E-state index in [4.69, 9.17) is 6.42 Å². The highest BCUT2D eigenvalue weighted by atomic mass is 16.2. The fourth-order valence-corrected chi connectivity index (χ4v) is 3.57. The third-order valence-electron chi connectivity index (χ3n) is 4.90. The number of nitrogens with zero attached hydrogens (tertiary/aromatic N) is 3. The van der Waals surface area contributed by atoms with E-state index in [9.17, 15) is 9.59 Å². The molecule has 2 aliphatic heterocycles. The maximum atomic E-state index is 12.6. The summed E-state index contributed by atoms with van der Waals surface area (Å²) >= 11 is 0. The standard InChI is InChI=1S/C16H22N4O2/c1-2-3-9-16(18-19-16)10-8-15(22)20-11-14(21)17-12-6-4-5-7-13(12)20/h1,12-13H,3-11H2,(H,17,21). The van der Waals surface area contributed by atoms with E-state index in [0.29, 0.717) is 25.7 Å². The normalized spacial score (nSPS) is 28.5. The fourth-order valence-electron chi connectivity index (χ4n) is 3.57. The van der Waals surface area contributed by atoms with Gasteiger partial charge in [0.25, 0.3) is 0 Å². The van der Waals surface area contributed by atoms with E-state index in [1.54, 1.807) is 4.90 Å². The number of nitrogens with one attached hydrogen (secondary N) is 1. The van der Waals surface area contributed by atoms with Crippen LogP contribution in [0.2, 0.25) is 0 Å². The Morgan fingerprint density at radius 3 is 2.86 bits per heavy atom. The molecule has 0 aromatic carbocycles. The van der Waals surface area contributed by atoms with Crippen LogP contribution in [-0.4, -0.2) is 41.0 Å². The molecule has 1 saturated carbocycles. The first-order chi connectivity index (χ1) is 10.6. The molecule has 0 radical (unpaired) electrons. The van der Waals surface area contributed by atoms with Crippen LogP contribution in [0.25, 0.3) is 0 Å². The van der Waals surface area contributed by atoms with Crippen LogP contribution in [0.15, 0.2) is 10.2 Å². The maximum Gasteiger partial charge on any atom is 0.239 e. The summed E-state index contributed by atoms with van der Waals surface area (Å²) in [5, 5.41) is 11.2. The van der Waals surface area contributed by atoms with Crippen molar-refractivity contribution >= 4 is 11.8 Å². The number of rotatable bonds is 5. The first-order valence-corrected chi connectivity index (χ1v) is 8.10. The zero-order valence-electron chi connectivity index (χ0n) is 12.8. The molecule has 0 bridgehead atoms. The highest BCUT2D eigenvalue weighted by Crippen LogP contribution is 2.38. The molecule has 2 heterocycles. The molecule has 0 aromatic heterocycles. The third-order valence-corrected chi connectivity index (χ3v) is 4.90. The Kier molecular flexibility index (Phi) is 4.14. The van der Waals surface area contributed by atoms with Gasteiger partial charge in [-0.1, -0.05) is 12.8 Å². The highest BCUT2D eigenvalue weighted by Gasteiger charge is 2.42. The predicted octanol–water partition coefficient (Wildman–Crippen LogP) is 1.61. The van der Waals surface area contributed by atoms with E-state index >= 15 is 0 Å². The van der Waals surface area contributed by atoms with Crippen molar-refractivity contribution in [2.24, 2.45) is 10.2 Å². The van der Waals surface area contributed by atoms with Crippen molar-refractivity contribution in [2.75, 3.05) is 6.54 Å². The SMILES string of the molecule is C#CCCC1(CCC(=O)N2CC(=O)NC3CCCCC32)N=N1. The lowest BCUT2D eigenvalue weighted by molar-refractivity contribution is -0.144. The van der Waals surface area contributed by atoms with Gasteiger partial charge in [-0.25, -0.2) is 0 Å². The van der Waals surface area contributed by atoms with Crippen molar-refractivity contribution in [3.05, 3.63) is 0 Å². The van der Waals surface area contributed by atoms with Gasteiger partial charge in [0.05, 0.1) is 12.6 Å². The molecule has 2 amide bonds. The monoisotopic (exact) mass is 302 g/mol. The molecule has 0 aromatic rings. The molecule has 1 N–H and O–H groups in total. The van der Waals surface area contributed by atoms with Crippen LogP contribution in [0.1, 0.15) is 51.4 Å². The number of hydrogen-bond donors (Lipinski definition) is 1. The Bertz CT molecular complexity index is 531. The average Bonchev–Trinajstić information content (AvgIpc) is 3.30. The van der Waals surface area contributed by atoms with Crippen LogP contribution in [0.5, 0.6) is 0 Å². The number of terminal acetylenes is 1. The Morgan fingerprint density at radius 1 is 1.36 bits per heavy atom. The molecule has 2 fully saturated rings. The van der Waals surface area contributed by atoms with Gasteiger partial charge in [-0.15, -0.1) is 12.3 Å². The molecular weight excluding hydrogens is 280 g/mol. The van der Waals surface area contributed by atoms with Crippen molar-refractivity contribution < 1.29 is 9.59 Å². The molecule has 3 rings (SSSR count). The second kappa shape index (κ2) is 6.07.